The summed E-state index contributed by atoms with van der Waals surface area (Å²) < 4.78 is 2.34. The minimum atomic E-state index is 0.480. The van der Waals surface area contributed by atoms with E-state index < -0.39 is 0 Å². The first kappa shape index (κ1) is 18.7. The number of aromatic nitrogens is 2. The molecule has 4 heteroatoms. The third kappa shape index (κ3) is 4.61. The Balaban J connectivity index is 1.39. The molecule has 1 aromatic heterocycles. The second kappa shape index (κ2) is 8.57. The molecule has 0 aliphatic carbocycles. The molecular weight excluding hydrogens is 332 g/mol. The lowest BCUT2D eigenvalue weighted by molar-refractivity contribution is 0.00659. The van der Waals surface area contributed by atoms with Crippen molar-refractivity contribution in [1.29, 1.82) is 0 Å². The largest absolute Gasteiger partial charge is 0.334 e. The van der Waals surface area contributed by atoms with Gasteiger partial charge < -0.3 is 4.57 Å². The minimum Gasteiger partial charge on any atom is -0.334 e. The van der Waals surface area contributed by atoms with Crippen LogP contribution in [0.25, 0.3) is 0 Å². The molecule has 4 nitrogen and oxygen atoms in total. The van der Waals surface area contributed by atoms with E-state index in [1.807, 2.05) is 6.20 Å². The van der Waals surface area contributed by atoms with Crippen molar-refractivity contribution in [2.45, 2.75) is 58.7 Å². The first-order valence-corrected chi connectivity index (χ1v) is 10.7. The van der Waals surface area contributed by atoms with Crippen LogP contribution in [0.3, 0.4) is 0 Å². The summed E-state index contributed by atoms with van der Waals surface area (Å²) in [5, 5.41) is 0. The predicted molar refractivity (Wildman–Crippen MR) is 110 cm³/mol. The summed E-state index contributed by atoms with van der Waals surface area (Å²) in [6.07, 6.45) is 10.7. The Morgan fingerprint density at radius 1 is 0.963 bits per heavy atom. The van der Waals surface area contributed by atoms with E-state index in [1.54, 1.807) is 0 Å². The highest BCUT2D eigenvalue weighted by Crippen LogP contribution is 2.39. The molecule has 2 aliphatic rings. The fourth-order valence-corrected chi connectivity index (χ4v) is 5.20. The van der Waals surface area contributed by atoms with Crippen molar-refractivity contribution < 1.29 is 0 Å². The number of hydrogen-bond acceptors (Lipinski definition) is 3. The van der Waals surface area contributed by atoms with E-state index in [1.165, 1.54) is 69.7 Å². The molecule has 4 rings (SSSR count). The van der Waals surface area contributed by atoms with Gasteiger partial charge in [-0.25, -0.2) is 4.98 Å². The van der Waals surface area contributed by atoms with Gasteiger partial charge in [-0.3, -0.25) is 9.80 Å². The smallest absolute Gasteiger partial charge is 0.122 e. The first-order chi connectivity index (χ1) is 13.3. The maximum Gasteiger partial charge on any atom is 0.122 e. The zero-order valence-corrected chi connectivity index (χ0v) is 16.8. The summed E-state index contributed by atoms with van der Waals surface area (Å²) in [6.45, 7) is 10.4. The molecule has 0 radical (unpaired) electrons. The summed E-state index contributed by atoms with van der Waals surface area (Å²) in [6, 6.07) is 11.0. The van der Waals surface area contributed by atoms with Crippen LogP contribution in [-0.2, 0) is 19.6 Å². The van der Waals surface area contributed by atoms with Gasteiger partial charge in [0.1, 0.15) is 5.82 Å². The average Bonchev–Trinajstić information content (AvgIpc) is 3.10. The van der Waals surface area contributed by atoms with Crippen LogP contribution >= 0.6 is 0 Å². The van der Waals surface area contributed by atoms with Crippen molar-refractivity contribution in [3.63, 3.8) is 0 Å². The Kier molecular flexibility index (Phi) is 5.94. The normalized spacial score (nSPS) is 24.5. The van der Waals surface area contributed by atoms with Gasteiger partial charge in [-0.2, -0.15) is 0 Å². The molecule has 146 valence electrons. The molecule has 1 aromatic carbocycles. The number of likely N-dealkylation sites (tertiary alicyclic amines) is 2. The maximum atomic E-state index is 4.64. The first-order valence-electron chi connectivity index (χ1n) is 10.7. The van der Waals surface area contributed by atoms with Gasteiger partial charge in [0.15, 0.2) is 0 Å². The number of nitrogens with zero attached hydrogens (tertiary/aromatic N) is 4. The van der Waals surface area contributed by atoms with Gasteiger partial charge in [-0.1, -0.05) is 37.3 Å². The van der Waals surface area contributed by atoms with Crippen molar-refractivity contribution >= 4 is 0 Å². The van der Waals surface area contributed by atoms with E-state index in [0.717, 1.165) is 19.6 Å². The maximum absolute atomic E-state index is 4.64. The fourth-order valence-electron chi connectivity index (χ4n) is 5.20. The second-order valence-corrected chi connectivity index (χ2v) is 8.65. The summed E-state index contributed by atoms with van der Waals surface area (Å²) >= 11 is 0. The van der Waals surface area contributed by atoms with Crippen LogP contribution in [0, 0.1) is 5.41 Å². The Hall–Kier alpha value is -1.65. The van der Waals surface area contributed by atoms with Crippen LogP contribution in [0.1, 0.15) is 50.4 Å². The summed E-state index contributed by atoms with van der Waals surface area (Å²) in [7, 11) is 0. The van der Waals surface area contributed by atoms with Crippen molar-refractivity contribution in [2.75, 3.05) is 26.2 Å². The second-order valence-electron chi connectivity index (χ2n) is 8.65. The Morgan fingerprint density at radius 2 is 1.67 bits per heavy atom. The van der Waals surface area contributed by atoms with Gasteiger partial charge in [0, 0.05) is 38.6 Å². The SMILES string of the molecule is CCCn1ccnc1CN1CCC[C@]2(CCCN(Cc3ccccc3)C2)C1. The average molecular weight is 367 g/mol. The number of rotatable bonds is 6. The van der Waals surface area contributed by atoms with Gasteiger partial charge in [-0.05, 0) is 56.2 Å². The van der Waals surface area contributed by atoms with Crippen LogP contribution in [0.4, 0.5) is 0 Å². The van der Waals surface area contributed by atoms with Gasteiger partial charge >= 0.3 is 0 Å². The molecule has 2 fully saturated rings. The summed E-state index contributed by atoms with van der Waals surface area (Å²) in [5.41, 5.74) is 1.93. The molecule has 27 heavy (non-hydrogen) atoms. The van der Waals surface area contributed by atoms with Crippen molar-refractivity contribution in [2.24, 2.45) is 5.41 Å². The molecule has 0 amide bonds. The van der Waals surface area contributed by atoms with Crippen molar-refractivity contribution in [1.82, 2.24) is 19.4 Å². The zero-order valence-electron chi connectivity index (χ0n) is 16.8. The quantitative estimate of drug-likeness (QED) is 0.767. The van der Waals surface area contributed by atoms with E-state index in [2.05, 4.69) is 62.8 Å². The highest BCUT2D eigenvalue weighted by Gasteiger charge is 2.39. The molecule has 2 saturated heterocycles. The van der Waals surface area contributed by atoms with E-state index in [-0.39, 0.29) is 0 Å². The lowest BCUT2D eigenvalue weighted by Crippen LogP contribution is -2.52. The predicted octanol–water partition coefficient (Wildman–Crippen LogP) is 4.17. The van der Waals surface area contributed by atoms with Crippen LogP contribution in [-0.4, -0.2) is 45.5 Å². The molecule has 3 heterocycles. The molecule has 2 aliphatic heterocycles. The third-order valence-electron chi connectivity index (χ3n) is 6.36. The lowest BCUT2D eigenvalue weighted by atomic mass is 9.73. The van der Waals surface area contributed by atoms with E-state index >= 15 is 0 Å². The number of piperidine rings is 2. The molecule has 0 bridgehead atoms. The lowest BCUT2D eigenvalue weighted by Gasteiger charge is -2.48. The van der Waals surface area contributed by atoms with Gasteiger partial charge in [0.05, 0.1) is 6.54 Å². The van der Waals surface area contributed by atoms with Gasteiger partial charge in [0.2, 0.25) is 0 Å². The van der Waals surface area contributed by atoms with E-state index in [4.69, 9.17) is 0 Å². The minimum absolute atomic E-state index is 0.480. The van der Waals surface area contributed by atoms with E-state index in [0.29, 0.717) is 5.41 Å². The standard InChI is InChI=1S/C23H34N4/c1-2-13-27-16-12-24-22(27)18-26-15-7-11-23(20-26)10-6-14-25(19-23)17-21-8-4-3-5-9-21/h3-5,8-9,12,16H,2,6-7,10-11,13-15,17-20H2,1H3/t23-/m0/s1. The molecule has 1 spiro atoms. The third-order valence-corrected chi connectivity index (χ3v) is 6.36. The number of benzene rings is 1. The molecule has 0 saturated carbocycles. The number of hydrogen-bond donors (Lipinski definition) is 0. The Bertz CT molecular complexity index is 706. The number of imidazole rings is 1. The van der Waals surface area contributed by atoms with Crippen LogP contribution in [0.5, 0.6) is 0 Å². The molecule has 2 aromatic rings. The molecular formula is C23H34N4. The molecule has 0 unspecified atom stereocenters. The highest BCUT2D eigenvalue weighted by molar-refractivity contribution is 5.14. The molecule has 1 atom stereocenters. The summed E-state index contributed by atoms with van der Waals surface area (Å²) in [4.78, 5) is 10.0. The fraction of sp³-hybridized carbons (Fsp3) is 0.609. The topological polar surface area (TPSA) is 24.3 Å². The highest BCUT2D eigenvalue weighted by atomic mass is 15.2. The van der Waals surface area contributed by atoms with Crippen molar-refractivity contribution in [3.8, 4) is 0 Å². The van der Waals surface area contributed by atoms with Gasteiger partial charge in [0.25, 0.3) is 0 Å². The van der Waals surface area contributed by atoms with Crippen LogP contribution in [0.2, 0.25) is 0 Å². The molecule has 0 N–H and O–H groups in total. The van der Waals surface area contributed by atoms with Crippen LogP contribution < -0.4 is 0 Å². The monoisotopic (exact) mass is 366 g/mol. The van der Waals surface area contributed by atoms with E-state index in [9.17, 15) is 0 Å². The number of aryl methyl sites for hydroxylation is 1. The van der Waals surface area contributed by atoms with Crippen LogP contribution in [0.15, 0.2) is 42.7 Å². The van der Waals surface area contributed by atoms with Crippen molar-refractivity contribution in [3.05, 3.63) is 54.1 Å². The Labute approximate surface area is 164 Å². The van der Waals surface area contributed by atoms with Gasteiger partial charge in [-0.15, -0.1) is 0 Å². The Morgan fingerprint density at radius 3 is 2.37 bits per heavy atom. The summed E-state index contributed by atoms with van der Waals surface area (Å²) in [5.74, 6) is 1.24. The zero-order chi connectivity index (χ0) is 18.5.